The van der Waals surface area contributed by atoms with E-state index in [-0.39, 0.29) is 11.8 Å². The second-order valence-corrected chi connectivity index (χ2v) is 8.21. The largest absolute Gasteiger partial charge is 0.573 e. The third-order valence-electron chi connectivity index (χ3n) is 6.04. The SMILES string of the molecule is C=C/C=C(\C=C/C)N1C(=O)N(c2ccc(C#N)cc2)[C@@](C)(CC)C1c1cccc(OC(F)(F)F)c1. The molecule has 0 saturated carbocycles. The first-order chi connectivity index (χ1) is 16.6. The number of alkyl halides is 3. The fourth-order valence-electron chi connectivity index (χ4n) is 4.44. The number of rotatable bonds is 7. The Morgan fingerprint density at radius 2 is 1.94 bits per heavy atom. The molecule has 0 radical (unpaired) electrons. The molecule has 0 N–H and O–H groups in total. The highest BCUT2D eigenvalue weighted by Crippen LogP contribution is 2.50. The average molecular weight is 482 g/mol. The number of anilines is 1. The van der Waals surface area contributed by atoms with Crippen LogP contribution in [0.1, 0.15) is 44.4 Å². The number of carbonyl (C=O) groups excluding carboxylic acids is 1. The van der Waals surface area contributed by atoms with Crippen LogP contribution in [0.4, 0.5) is 23.7 Å². The van der Waals surface area contributed by atoms with Gasteiger partial charge in [0.2, 0.25) is 0 Å². The van der Waals surface area contributed by atoms with E-state index in [1.807, 2.05) is 20.8 Å². The summed E-state index contributed by atoms with van der Waals surface area (Å²) in [5.74, 6) is -0.363. The molecule has 35 heavy (non-hydrogen) atoms. The third-order valence-corrected chi connectivity index (χ3v) is 6.04. The van der Waals surface area contributed by atoms with Crippen LogP contribution in [0.25, 0.3) is 0 Å². The maximum Gasteiger partial charge on any atom is 0.573 e. The minimum Gasteiger partial charge on any atom is -0.406 e. The van der Waals surface area contributed by atoms with Crippen molar-refractivity contribution in [2.75, 3.05) is 4.90 Å². The Hall–Kier alpha value is -3.99. The molecule has 2 amide bonds. The number of benzene rings is 2. The number of urea groups is 1. The van der Waals surface area contributed by atoms with Crippen molar-refractivity contribution in [2.24, 2.45) is 0 Å². The van der Waals surface area contributed by atoms with Crippen molar-refractivity contribution < 1.29 is 22.7 Å². The molecule has 1 aliphatic rings. The van der Waals surface area contributed by atoms with E-state index >= 15 is 0 Å². The van der Waals surface area contributed by atoms with E-state index < -0.39 is 17.9 Å². The van der Waals surface area contributed by atoms with Gasteiger partial charge in [-0.3, -0.25) is 9.80 Å². The second-order valence-electron chi connectivity index (χ2n) is 8.21. The van der Waals surface area contributed by atoms with Crippen LogP contribution in [0.2, 0.25) is 0 Å². The standard InChI is InChI=1S/C27H26F3N3O2/c1-5-9-21(10-6-2)32-24(20-11-8-12-23(17-20)35-27(28,29)30)26(4,7-3)33(25(32)34)22-15-13-19(18-31)14-16-22/h5-6,8-17,24H,1,7H2,2-4H3/b10-6-,21-9+/t24?,26-/m0/s1. The van der Waals surface area contributed by atoms with Gasteiger partial charge in [-0.25, -0.2) is 4.79 Å². The number of halogens is 3. The van der Waals surface area contributed by atoms with Crippen molar-refractivity contribution in [1.29, 1.82) is 5.26 Å². The summed E-state index contributed by atoms with van der Waals surface area (Å²) in [6.07, 6.45) is 2.40. The number of allylic oxidation sites excluding steroid dienone is 4. The van der Waals surface area contributed by atoms with Gasteiger partial charge in [0, 0.05) is 11.4 Å². The Morgan fingerprint density at radius 1 is 1.26 bits per heavy atom. The molecule has 2 aromatic carbocycles. The summed E-state index contributed by atoms with van der Waals surface area (Å²) in [7, 11) is 0. The molecule has 2 atom stereocenters. The zero-order chi connectivity index (χ0) is 25.8. The van der Waals surface area contributed by atoms with Gasteiger partial charge in [0.05, 0.1) is 23.2 Å². The number of nitriles is 1. The van der Waals surface area contributed by atoms with E-state index in [0.717, 1.165) is 0 Å². The first-order valence-electron chi connectivity index (χ1n) is 11.0. The van der Waals surface area contributed by atoms with E-state index in [2.05, 4.69) is 17.4 Å². The topological polar surface area (TPSA) is 56.6 Å². The van der Waals surface area contributed by atoms with Crippen molar-refractivity contribution in [3.63, 3.8) is 0 Å². The molecule has 1 heterocycles. The third kappa shape index (κ3) is 5.09. The van der Waals surface area contributed by atoms with E-state index in [1.54, 1.807) is 64.4 Å². The summed E-state index contributed by atoms with van der Waals surface area (Å²) in [6.45, 7) is 9.37. The predicted molar refractivity (Wildman–Crippen MR) is 129 cm³/mol. The highest BCUT2D eigenvalue weighted by Gasteiger charge is 2.55. The van der Waals surface area contributed by atoms with Crippen molar-refractivity contribution >= 4 is 11.7 Å². The first kappa shape index (κ1) is 25.6. The Labute approximate surface area is 203 Å². The first-order valence-corrected chi connectivity index (χ1v) is 11.0. The lowest BCUT2D eigenvalue weighted by Crippen LogP contribution is -2.45. The summed E-state index contributed by atoms with van der Waals surface area (Å²) >= 11 is 0. The lowest BCUT2D eigenvalue weighted by molar-refractivity contribution is -0.274. The van der Waals surface area contributed by atoms with Gasteiger partial charge in [0.15, 0.2) is 0 Å². The number of ether oxygens (including phenoxy) is 1. The van der Waals surface area contributed by atoms with Crippen LogP contribution >= 0.6 is 0 Å². The van der Waals surface area contributed by atoms with Crippen molar-refractivity contribution in [1.82, 2.24) is 4.90 Å². The fraction of sp³-hybridized carbons (Fsp3) is 0.259. The highest BCUT2D eigenvalue weighted by atomic mass is 19.4. The smallest absolute Gasteiger partial charge is 0.406 e. The highest BCUT2D eigenvalue weighted by molar-refractivity contribution is 5.98. The molecule has 5 nitrogen and oxygen atoms in total. The van der Waals surface area contributed by atoms with E-state index in [4.69, 9.17) is 5.26 Å². The Morgan fingerprint density at radius 3 is 2.49 bits per heavy atom. The van der Waals surface area contributed by atoms with Crippen LogP contribution in [0.3, 0.4) is 0 Å². The molecule has 1 fully saturated rings. The lowest BCUT2D eigenvalue weighted by atomic mass is 9.83. The predicted octanol–water partition coefficient (Wildman–Crippen LogP) is 7.25. The van der Waals surface area contributed by atoms with Crippen LogP contribution in [-0.4, -0.2) is 22.8 Å². The monoisotopic (exact) mass is 481 g/mol. The molecule has 1 unspecified atom stereocenters. The fourth-order valence-corrected chi connectivity index (χ4v) is 4.44. The summed E-state index contributed by atoms with van der Waals surface area (Å²) < 4.78 is 43.0. The summed E-state index contributed by atoms with van der Waals surface area (Å²) in [5.41, 5.74) is 1.19. The Bertz CT molecular complexity index is 1200. The van der Waals surface area contributed by atoms with Gasteiger partial charge in [-0.2, -0.15) is 5.26 Å². The maximum atomic E-state index is 14.0. The minimum absolute atomic E-state index is 0.350. The molecule has 1 saturated heterocycles. The number of nitrogens with zero attached hydrogens (tertiary/aromatic N) is 3. The van der Waals surface area contributed by atoms with Gasteiger partial charge in [-0.15, -0.1) is 13.2 Å². The van der Waals surface area contributed by atoms with Crippen LogP contribution < -0.4 is 9.64 Å². The van der Waals surface area contributed by atoms with Crippen LogP contribution in [0.5, 0.6) is 5.75 Å². The molecule has 182 valence electrons. The van der Waals surface area contributed by atoms with Crippen molar-refractivity contribution in [2.45, 2.75) is 45.1 Å². The Kier molecular flexibility index (Phi) is 7.39. The number of hydrogen-bond acceptors (Lipinski definition) is 3. The zero-order valence-corrected chi connectivity index (χ0v) is 19.7. The summed E-state index contributed by atoms with van der Waals surface area (Å²) in [6, 6.07) is 13.4. The van der Waals surface area contributed by atoms with E-state index in [1.165, 1.54) is 18.2 Å². The zero-order valence-electron chi connectivity index (χ0n) is 19.7. The van der Waals surface area contributed by atoms with Gasteiger partial charge in [0.25, 0.3) is 0 Å². The van der Waals surface area contributed by atoms with Gasteiger partial charge >= 0.3 is 12.4 Å². The normalized spacial score (nSPS) is 20.9. The quantitative estimate of drug-likeness (QED) is 0.391. The van der Waals surface area contributed by atoms with Crippen LogP contribution in [0, 0.1) is 11.3 Å². The minimum atomic E-state index is -4.84. The van der Waals surface area contributed by atoms with Crippen LogP contribution in [-0.2, 0) is 0 Å². The van der Waals surface area contributed by atoms with Gasteiger partial charge < -0.3 is 4.74 Å². The molecular formula is C27H26F3N3O2. The molecule has 0 bridgehead atoms. The van der Waals surface area contributed by atoms with Crippen LogP contribution in [0.15, 0.2) is 85.1 Å². The molecule has 8 heteroatoms. The second kappa shape index (κ2) is 10.1. The molecule has 0 aromatic heterocycles. The summed E-state index contributed by atoms with van der Waals surface area (Å²) in [5, 5.41) is 9.17. The number of carbonyl (C=O) groups is 1. The average Bonchev–Trinajstić information content (AvgIpc) is 3.05. The van der Waals surface area contributed by atoms with Crippen molar-refractivity contribution in [3.8, 4) is 11.8 Å². The lowest BCUT2D eigenvalue weighted by Gasteiger charge is -2.38. The number of amides is 2. The molecule has 1 aliphatic heterocycles. The number of hydrogen-bond donors (Lipinski definition) is 0. The molecule has 3 rings (SSSR count). The van der Waals surface area contributed by atoms with Gasteiger partial charge in [-0.05, 0) is 74.4 Å². The molecule has 0 aliphatic carbocycles. The Balaban J connectivity index is 2.25. The van der Waals surface area contributed by atoms with Crippen molar-refractivity contribution in [3.05, 3.63) is 96.2 Å². The van der Waals surface area contributed by atoms with E-state index in [0.29, 0.717) is 28.9 Å². The molecular weight excluding hydrogens is 455 g/mol. The summed E-state index contributed by atoms with van der Waals surface area (Å²) in [4.78, 5) is 17.2. The van der Waals surface area contributed by atoms with Gasteiger partial charge in [0.1, 0.15) is 5.75 Å². The molecule has 0 spiro atoms. The molecule has 2 aromatic rings. The maximum absolute atomic E-state index is 14.0. The van der Waals surface area contributed by atoms with Gasteiger partial charge in [-0.1, -0.05) is 37.8 Å². The van der Waals surface area contributed by atoms with E-state index in [9.17, 15) is 18.0 Å².